The van der Waals surface area contributed by atoms with E-state index in [9.17, 15) is 0 Å². The van der Waals surface area contributed by atoms with Gasteiger partial charge in [-0.1, -0.05) is 29.8 Å². The Kier molecular flexibility index (Phi) is 3.27. The molecule has 0 aliphatic rings. The van der Waals surface area contributed by atoms with E-state index in [4.69, 9.17) is 17.3 Å². The summed E-state index contributed by atoms with van der Waals surface area (Å²) in [4.78, 5) is 0. The first kappa shape index (κ1) is 11.2. The molecule has 0 saturated heterocycles. The lowest BCUT2D eigenvalue weighted by Crippen LogP contribution is -2.30. The maximum Gasteiger partial charge on any atom is 0.0930 e. The minimum Gasteiger partial charge on any atom is -0.326 e. The maximum atomic E-state index is 6.18. The highest BCUT2D eigenvalue weighted by molar-refractivity contribution is 6.31. The molecule has 0 fully saturated rings. The quantitative estimate of drug-likeness (QED) is 0.888. The van der Waals surface area contributed by atoms with E-state index in [1.807, 2.05) is 48.1 Å². The van der Waals surface area contributed by atoms with E-state index < -0.39 is 0 Å². The summed E-state index contributed by atoms with van der Waals surface area (Å²) < 4.78 is 1.84. The fraction of sp³-hybridized carbons (Fsp3) is 0.250. The second-order valence-electron chi connectivity index (χ2n) is 3.81. The van der Waals surface area contributed by atoms with E-state index in [0.29, 0.717) is 0 Å². The van der Waals surface area contributed by atoms with Crippen molar-refractivity contribution in [3.05, 3.63) is 53.3 Å². The van der Waals surface area contributed by atoms with Crippen molar-refractivity contribution in [1.82, 2.24) is 9.78 Å². The number of aromatic nitrogens is 2. The average Bonchev–Trinajstić information content (AvgIpc) is 2.74. The molecule has 2 aromatic rings. The van der Waals surface area contributed by atoms with Crippen LogP contribution >= 0.6 is 11.6 Å². The normalized spacial score (nSPS) is 14.7. The Bertz CT molecular complexity index is 451. The van der Waals surface area contributed by atoms with E-state index in [1.54, 1.807) is 6.20 Å². The summed E-state index contributed by atoms with van der Waals surface area (Å²) in [6, 6.07) is 9.52. The Balaban J connectivity index is 2.45. The van der Waals surface area contributed by atoms with Gasteiger partial charge in [-0.05, 0) is 24.6 Å². The highest BCUT2D eigenvalue weighted by Gasteiger charge is 2.20. The molecule has 2 atom stereocenters. The van der Waals surface area contributed by atoms with Gasteiger partial charge in [0.1, 0.15) is 0 Å². The number of hydrogen-bond acceptors (Lipinski definition) is 2. The van der Waals surface area contributed by atoms with Gasteiger partial charge in [0, 0.05) is 23.5 Å². The van der Waals surface area contributed by atoms with Crippen molar-refractivity contribution < 1.29 is 0 Å². The lowest BCUT2D eigenvalue weighted by molar-refractivity contribution is 0.454. The van der Waals surface area contributed by atoms with Crippen molar-refractivity contribution >= 4 is 11.6 Å². The number of halogens is 1. The van der Waals surface area contributed by atoms with Crippen molar-refractivity contribution in [2.75, 3.05) is 0 Å². The topological polar surface area (TPSA) is 43.8 Å². The number of benzene rings is 1. The molecule has 4 heteroatoms. The van der Waals surface area contributed by atoms with Crippen LogP contribution in [-0.4, -0.2) is 15.8 Å². The predicted octanol–water partition coefficient (Wildman–Crippen LogP) is 2.47. The Morgan fingerprint density at radius 2 is 2.06 bits per heavy atom. The van der Waals surface area contributed by atoms with Gasteiger partial charge in [0.2, 0.25) is 0 Å². The van der Waals surface area contributed by atoms with Crippen LogP contribution in [0.15, 0.2) is 42.7 Å². The zero-order valence-electron chi connectivity index (χ0n) is 9.05. The molecule has 0 saturated carbocycles. The molecular formula is C12H14ClN3. The SMILES string of the molecule is C[C@H](N)[C@H](c1ccccc1Cl)n1cccn1. The third-order valence-electron chi connectivity index (χ3n) is 2.53. The minimum atomic E-state index is -0.0557. The van der Waals surface area contributed by atoms with Crippen LogP contribution < -0.4 is 5.73 Å². The van der Waals surface area contributed by atoms with Crippen LogP contribution in [0.25, 0.3) is 0 Å². The number of rotatable bonds is 3. The van der Waals surface area contributed by atoms with Gasteiger partial charge >= 0.3 is 0 Å². The van der Waals surface area contributed by atoms with E-state index in [0.717, 1.165) is 10.6 Å². The van der Waals surface area contributed by atoms with Crippen LogP contribution in [0.2, 0.25) is 5.02 Å². The van der Waals surface area contributed by atoms with Crippen LogP contribution in [0.1, 0.15) is 18.5 Å². The Labute approximate surface area is 99.8 Å². The molecule has 0 radical (unpaired) electrons. The van der Waals surface area contributed by atoms with E-state index in [-0.39, 0.29) is 12.1 Å². The number of nitrogens with zero attached hydrogens (tertiary/aromatic N) is 2. The van der Waals surface area contributed by atoms with Crippen molar-refractivity contribution in [3.63, 3.8) is 0 Å². The molecule has 2 rings (SSSR count). The molecule has 2 N–H and O–H groups in total. The van der Waals surface area contributed by atoms with Crippen molar-refractivity contribution in [3.8, 4) is 0 Å². The molecule has 0 spiro atoms. The van der Waals surface area contributed by atoms with E-state index in [2.05, 4.69) is 5.10 Å². The molecule has 0 amide bonds. The largest absolute Gasteiger partial charge is 0.326 e. The smallest absolute Gasteiger partial charge is 0.0930 e. The molecule has 1 aromatic carbocycles. The first-order chi connectivity index (χ1) is 7.70. The lowest BCUT2D eigenvalue weighted by Gasteiger charge is -2.22. The zero-order valence-corrected chi connectivity index (χ0v) is 9.80. The summed E-state index contributed by atoms with van der Waals surface area (Å²) in [5, 5.41) is 4.96. The summed E-state index contributed by atoms with van der Waals surface area (Å²) >= 11 is 6.18. The molecule has 84 valence electrons. The van der Waals surface area contributed by atoms with Crippen molar-refractivity contribution in [2.24, 2.45) is 5.73 Å². The molecule has 1 aromatic heterocycles. The second-order valence-corrected chi connectivity index (χ2v) is 4.22. The first-order valence-electron chi connectivity index (χ1n) is 5.19. The van der Waals surface area contributed by atoms with Gasteiger partial charge in [-0.3, -0.25) is 4.68 Å². The monoisotopic (exact) mass is 235 g/mol. The molecule has 0 aliphatic carbocycles. The standard InChI is InChI=1S/C12H14ClN3/c1-9(14)12(16-8-4-7-15-16)10-5-2-3-6-11(10)13/h2-9,12H,14H2,1H3/t9-,12+/m0/s1. The van der Waals surface area contributed by atoms with Gasteiger partial charge in [0.15, 0.2) is 0 Å². The predicted molar refractivity (Wildman–Crippen MR) is 65.5 cm³/mol. The molecule has 0 aliphatic heterocycles. The molecule has 0 unspecified atom stereocenters. The summed E-state index contributed by atoms with van der Waals surface area (Å²) in [5.74, 6) is 0. The van der Waals surface area contributed by atoms with Gasteiger partial charge in [-0.15, -0.1) is 0 Å². The van der Waals surface area contributed by atoms with Gasteiger partial charge < -0.3 is 5.73 Å². The summed E-state index contributed by atoms with van der Waals surface area (Å²) in [6.07, 6.45) is 3.64. The second kappa shape index (κ2) is 4.68. The van der Waals surface area contributed by atoms with Crippen LogP contribution in [0.4, 0.5) is 0 Å². The number of nitrogens with two attached hydrogens (primary N) is 1. The van der Waals surface area contributed by atoms with Crippen LogP contribution in [0.3, 0.4) is 0 Å². The Hall–Kier alpha value is -1.32. The highest BCUT2D eigenvalue weighted by Crippen LogP contribution is 2.27. The summed E-state index contributed by atoms with van der Waals surface area (Å²) in [5.41, 5.74) is 7.01. The van der Waals surface area contributed by atoms with Gasteiger partial charge in [0.25, 0.3) is 0 Å². The zero-order chi connectivity index (χ0) is 11.5. The van der Waals surface area contributed by atoms with Crippen molar-refractivity contribution in [2.45, 2.75) is 19.0 Å². The van der Waals surface area contributed by atoms with E-state index >= 15 is 0 Å². The summed E-state index contributed by atoms with van der Waals surface area (Å²) in [7, 11) is 0. The van der Waals surface area contributed by atoms with Crippen molar-refractivity contribution in [1.29, 1.82) is 0 Å². The molecule has 3 nitrogen and oxygen atoms in total. The summed E-state index contributed by atoms with van der Waals surface area (Å²) in [6.45, 7) is 1.95. The Morgan fingerprint density at radius 3 is 2.62 bits per heavy atom. The highest BCUT2D eigenvalue weighted by atomic mass is 35.5. The molecule has 0 bridgehead atoms. The number of hydrogen-bond donors (Lipinski definition) is 1. The third-order valence-corrected chi connectivity index (χ3v) is 2.88. The first-order valence-corrected chi connectivity index (χ1v) is 5.57. The van der Waals surface area contributed by atoms with Crippen LogP contribution in [-0.2, 0) is 0 Å². The van der Waals surface area contributed by atoms with Gasteiger partial charge in [-0.25, -0.2) is 0 Å². The van der Waals surface area contributed by atoms with Crippen LogP contribution in [0.5, 0.6) is 0 Å². The molecular weight excluding hydrogens is 222 g/mol. The third kappa shape index (κ3) is 2.10. The molecule has 16 heavy (non-hydrogen) atoms. The van der Waals surface area contributed by atoms with Gasteiger partial charge in [0.05, 0.1) is 6.04 Å². The fourth-order valence-corrected chi connectivity index (χ4v) is 2.07. The van der Waals surface area contributed by atoms with Gasteiger partial charge in [-0.2, -0.15) is 5.10 Å². The minimum absolute atomic E-state index is 0.0244. The fourth-order valence-electron chi connectivity index (χ4n) is 1.83. The lowest BCUT2D eigenvalue weighted by atomic mass is 10.0. The maximum absolute atomic E-state index is 6.18. The molecule has 1 heterocycles. The van der Waals surface area contributed by atoms with E-state index in [1.165, 1.54) is 0 Å². The van der Waals surface area contributed by atoms with Crippen LogP contribution in [0, 0.1) is 0 Å². The Morgan fingerprint density at radius 1 is 1.31 bits per heavy atom. The average molecular weight is 236 g/mol.